The number of hydrogen-bond donors (Lipinski definition) is 1. The molecule has 0 saturated carbocycles. The normalized spacial score (nSPS) is 21.5. The predicted molar refractivity (Wildman–Crippen MR) is 98.0 cm³/mol. The van der Waals surface area contributed by atoms with Crippen molar-refractivity contribution in [1.29, 1.82) is 0 Å². The Kier molecular flexibility index (Phi) is 5.48. The van der Waals surface area contributed by atoms with E-state index in [1.54, 1.807) is 34.8 Å². The number of carbonyl (C=O) groups is 1. The van der Waals surface area contributed by atoms with E-state index < -0.39 is 10.0 Å². The number of nitrogens with zero attached hydrogens (tertiary/aromatic N) is 1. The molecular formula is C19H24N2O4S. The molecule has 1 saturated heterocycles. The molecule has 3 rings (SSSR count). The van der Waals surface area contributed by atoms with Crippen molar-refractivity contribution in [3.63, 3.8) is 0 Å². The van der Waals surface area contributed by atoms with E-state index in [0.29, 0.717) is 36.2 Å². The lowest BCUT2D eigenvalue weighted by atomic mass is 9.94. The van der Waals surface area contributed by atoms with Gasteiger partial charge < -0.3 is 9.73 Å². The molecule has 1 fully saturated rings. The molecule has 1 aliphatic rings. The van der Waals surface area contributed by atoms with Crippen LogP contribution in [0.1, 0.15) is 36.4 Å². The molecule has 0 bridgehead atoms. The molecule has 0 radical (unpaired) electrons. The fourth-order valence-corrected chi connectivity index (χ4v) is 5.09. The Bertz CT molecular complexity index is 834. The number of rotatable bonds is 5. The Morgan fingerprint density at radius 2 is 1.81 bits per heavy atom. The van der Waals surface area contributed by atoms with Crippen LogP contribution >= 0.6 is 0 Å². The summed E-state index contributed by atoms with van der Waals surface area (Å²) >= 11 is 0. The number of amides is 1. The molecule has 1 aromatic heterocycles. The Balaban J connectivity index is 1.69. The minimum atomic E-state index is -3.53. The van der Waals surface area contributed by atoms with Gasteiger partial charge in [0.1, 0.15) is 5.76 Å². The zero-order chi connectivity index (χ0) is 18.7. The fourth-order valence-electron chi connectivity index (χ4n) is 3.41. The third-order valence-electron chi connectivity index (χ3n) is 4.59. The third-order valence-corrected chi connectivity index (χ3v) is 6.44. The van der Waals surface area contributed by atoms with Crippen molar-refractivity contribution in [2.45, 2.75) is 31.7 Å². The van der Waals surface area contributed by atoms with Gasteiger partial charge in [-0.3, -0.25) is 4.79 Å². The van der Waals surface area contributed by atoms with Crippen LogP contribution in [-0.4, -0.2) is 31.7 Å². The molecule has 1 N–H and O–H groups in total. The average Bonchev–Trinajstić information content (AvgIpc) is 3.12. The molecule has 0 aliphatic carbocycles. The Labute approximate surface area is 154 Å². The number of carbonyl (C=O) groups excluding carboxylic acids is 1. The lowest BCUT2D eigenvalue weighted by Gasteiger charge is -2.34. The summed E-state index contributed by atoms with van der Waals surface area (Å²) in [5, 5.41) is 2.74. The second-order valence-electron chi connectivity index (χ2n) is 7.05. The molecule has 2 atom stereocenters. The first-order chi connectivity index (χ1) is 12.4. The highest BCUT2D eigenvalue weighted by molar-refractivity contribution is 7.89. The van der Waals surface area contributed by atoms with E-state index in [4.69, 9.17) is 4.42 Å². The topological polar surface area (TPSA) is 79.6 Å². The first kappa shape index (κ1) is 18.7. The van der Waals surface area contributed by atoms with Crippen molar-refractivity contribution < 1.29 is 17.6 Å². The predicted octanol–water partition coefficient (Wildman–Crippen LogP) is 2.88. The monoisotopic (exact) mass is 376 g/mol. The van der Waals surface area contributed by atoms with E-state index in [-0.39, 0.29) is 17.3 Å². The molecular weight excluding hydrogens is 352 g/mol. The molecule has 0 unspecified atom stereocenters. The van der Waals surface area contributed by atoms with Gasteiger partial charge in [0, 0.05) is 18.7 Å². The molecule has 1 amide bonds. The van der Waals surface area contributed by atoms with Crippen LogP contribution in [0.2, 0.25) is 0 Å². The molecule has 0 spiro atoms. The second-order valence-corrected chi connectivity index (χ2v) is 8.99. The van der Waals surface area contributed by atoms with Gasteiger partial charge in [-0.15, -0.1) is 0 Å². The van der Waals surface area contributed by atoms with Crippen LogP contribution in [-0.2, 0) is 16.6 Å². The SMILES string of the molecule is C[C@H]1C[C@H](C)CN(S(=O)(=O)c2ccc(C(=O)NCc3ccco3)cc2)C1. The highest BCUT2D eigenvalue weighted by atomic mass is 32.2. The van der Waals surface area contributed by atoms with Gasteiger partial charge in [0.05, 0.1) is 17.7 Å². The lowest BCUT2D eigenvalue weighted by molar-refractivity contribution is 0.0948. The standard InChI is InChI=1S/C19H24N2O4S/c1-14-10-15(2)13-21(12-14)26(23,24)18-7-5-16(6-8-18)19(22)20-11-17-4-3-9-25-17/h3-9,14-15H,10-13H2,1-2H3,(H,20,22)/t14-,15-/m0/s1. The molecule has 6 nitrogen and oxygen atoms in total. The zero-order valence-electron chi connectivity index (χ0n) is 15.0. The Morgan fingerprint density at radius 3 is 2.38 bits per heavy atom. The van der Waals surface area contributed by atoms with Crippen LogP contribution in [0, 0.1) is 11.8 Å². The molecule has 26 heavy (non-hydrogen) atoms. The van der Waals surface area contributed by atoms with E-state index >= 15 is 0 Å². The summed E-state index contributed by atoms with van der Waals surface area (Å²) in [5.74, 6) is 1.08. The molecule has 1 aromatic carbocycles. The summed E-state index contributed by atoms with van der Waals surface area (Å²) in [5.41, 5.74) is 0.413. The van der Waals surface area contributed by atoms with Gasteiger partial charge in [-0.05, 0) is 54.7 Å². The van der Waals surface area contributed by atoms with Crippen molar-refractivity contribution in [2.24, 2.45) is 11.8 Å². The van der Waals surface area contributed by atoms with E-state index in [0.717, 1.165) is 6.42 Å². The summed E-state index contributed by atoms with van der Waals surface area (Å²) in [7, 11) is -3.53. The van der Waals surface area contributed by atoms with Crippen LogP contribution in [0.25, 0.3) is 0 Å². The van der Waals surface area contributed by atoms with Gasteiger partial charge in [0.2, 0.25) is 10.0 Å². The Morgan fingerprint density at radius 1 is 1.15 bits per heavy atom. The number of furan rings is 1. The van der Waals surface area contributed by atoms with Gasteiger partial charge in [0.25, 0.3) is 5.91 Å². The summed E-state index contributed by atoms with van der Waals surface area (Å²) in [4.78, 5) is 12.4. The van der Waals surface area contributed by atoms with E-state index in [1.807, 2.05) is 0 Å². The quantitative estimate of drug-likeness (QED) is 0.870. The number of hydrogen-bond acceptors (Lipinski definition) is 4. The molecule has 7 heteroatoms. The summed E-state index contributed by atoms with van der Waals surface area (Å²) in [6.07, 6.45) is 2.59. The average molecular weight is 376 g/mol. The first-order valence-corrected chi connectivity index (χ1v) is 10.2. The van der Waals surface area contributed by atoms with Crippen molar-refractivity contribution in [3.05, 3.63) is 54.0 Å². The fraction of sp³-hybridized carbons (Fsp3) is 0.421. The highest BCUT2D eigenvalue weighted by Crippen LogP contribution is 2.26. The van der Waals surface area contributed by atoms with Crippen LogP contribution in [0.3, 0.4) is 0 Å². The van der Waals surface area contributed by atoms with Crippen molar-refractivity contribution >= 4 is 15.9 Å². The maximum Gasteiger partial charge on any atom is 0.251 e. The maximum atomic E-state index is 12.9. The zero-order valence-corrected chi connectivity index (χ0v) is 15.8. The van der Waals surface area contributed by atoms with Crippen molar-refractivity contribution in [2.75, 3.05) is 13.1 Å². The number of piperidine rings is 1. The van der Waals surface area contributed by atoms with Crippen LogP contribution in [0.4, 0.5) is 0 Å². The largest absolute Gasteiger partial charge is 0.467 e. The number of sulfonamides is 1. The third kappa shape index (κ3) is 4.16. The number of benzene rings is 1. The van der Waals surface area contributed by atoms with Crippen molar-refractivity contribution in [3.8, 4) is 0 Å². The van der Waals surface area contributed by atoms with E-state index in [2.05, 4.69) is 19.2 Å². The molecule has 2 heterocycles. The lowest BCUT2D eigenvalue weighted by Crippen LogP contribution is -2.42. The van der Waals surface area contributed by atoms with Crippen LogP contribution < -0.4 is 5.32 Å². The summed E-state index contributed by atoms with van der Waals surface area (Å²) in [6.45, 7) is 5.51. The van der Waals surface area contributed by atoms with Gasteiger partial charge in [-0.1, -0.05) is 13.8 Å². The highest BCUT2D eigenvalue weighted by Gasteiger charge is 2.31. The first-order valence-electron chi connectivity index (χ1n) is 8.77. The van der Waals surface area contributed by atoms with Gasteiger partial charge >= 0.3 is 0 Å². The summed E-state index contributed by atoms with van der Waals surface area (Å²) < 4.78 is 32.4. The van der Waals surface area contributed by atoms with Crippen LogP contribution in [0.5, 0.6) is 0 Å². The Hall–Kier alpha value is -2.12. The van der Waals surface area contributed by atoms with E-state index in [9.17, 15) is 13.2 Å². The molecule has 140 valence electrons. The van der Waals surface area contributed by atoms with Crippen LogP contribution in [0.15, 0.2) is 52.0 Å². The number of nitrogens with one attached hydrogen (secondary N) is 1. The smallest absolute Gasteiger partial charge is 0.251 e. The van der Waals surface area contributed by atoms with Gasteiger partial charge in [-0.2, -0.15) is 4.31 Å². The van der Waals surface area contributed by atoms with E-state index in [1.165, 1.54) is 12.1 Å². The minimum absolute atomic E-state index is 0.224. The maximum absolute atomic E-state index is 12.9. The summed E-state index contributed by atoms with van der Waals surface area (Å²) in [6, 6.07) is 9.62. The van der Waals surface area contributed by atoms with Gasteiger partial charge in [-0.25, -0.2) is 8.42 Å². The second kappa shape index (κ2) is 7.63. The van der Waals surface area contributed by atoms with Gasteiger partial charge in [0.15, 0.2) is 0 Å². The molecule has 1 aliphatic heterocycles. The van der Waals surface area contributed by atoms with Crippen molar-refractivity contribution in [1.82, 2.24) is 9.62 Å². The minimum Gasteiger partial charge on any atom is -0.467 e. The molecule has 2 aromatic rings.